The number of cyclic esters (lactones) is 1. The van der Waals surface area contributed by atoms with Crippen molar-refractivity contribution in [3.05, 3.63) is 66.2 Å². The lowest BCUT2D eigenvalue weighted by Crippen LogP contribution is -2.51. The number of nitrogens with one attached hydrogen (secondary N) is 1. The molecule has 0 bridgehead atoms. The largest absolute Gasteiger partial charge is 0.754 e. The van der Waals surface area contributed by atoms with Crippen molar-refractivity contribution in [1.82, 2.24) is 24.9 Å². The summed E-state index contributed by atoms with van der Waals surface area (Å²) in [4.78, 5) is 39.6. The number of halogens is 2. The first kappa shape index (κ1) is 34.7. The van der Waals surface area contributed by atoms with Crippen LogP contribution in [0.2, 0.25) is 0 Å². The molecule has 4 heterocycles. The van der Waals surface area contributed by atoms with Crippen LogP contribution in [0.4, 0.5) is 30.0 Å². The number of alkyl halides is 1. The quantitative estimate of drug-likeness (QED) is 0.225. The van der Waals surface area contributed by atoms with Gasteiger partial charge in [-0.15, -0.1) is 0 Å². The van der Waals surface area contributed by atoms with Gasteiger partial charge in [0.1, 0.15) is 35.6 Å². The maximum absolute atomic E-state index is 15.4. The van der Waals surface area contributed by atoms with Crippen LogP contribution in [-0.2, 0) is 20.7 Å². The molecule has 3 unspecified atom stereocenters. The molecule has 14 nitrogen and oxygen atoms in total. The number of nitrogens with zero attached hydrogens (tertiary/aromatic N) is 6. The third kappa shape index (κ3) is 7.38. The second kappa shape index (κ2) is 14.0. The number of carbonyl (C=O) groups is 2. The van der Waals surface area contributed by atoms with Gasteiger partial charge in [-0.1, -0.05) is 12.1 Å². The predicted molar refractivity (Wildman–Crippen MR) is 178 cm³/mol. The molecule has 0 saturated carbocycles. The Bertz CT molecular complexity index is 1960. The molecule has 6 rings (SSSR count). The van der Waals surface area contributed by atoms with Gasteiger partial charge in [-0.25, -0.2) is 42.7 Å². The minimum atomic E-state index is -3.08. The highest BCUT2D eigenvalue weighted by atomic mass is 32.2. The first-order chi connectivity index (χ1) is 23.8. The number of pyridine rings is 1. The van der Waals surface area contributed by atoms with Gasteiger partial charge in [-0.05, 0) is 63.6 Å². The van der Waals surface area contributed by atoms with Crippen molar-refractivity contribution in [2.75, 3.05) is 36.0 Å². The van der Waals surface area contributed by atoms with Gasteiger partial charge >= 0.3 is 12.2 Å². The molecule has 17 heteroatoms. The molecule has 1 N–H and O–H groups in total. The summed E-state index contributed by atoms with van der Waals surface area (Å²) in [7, 11) is 0. The maximum Gasteiger partial charge on any atom is 0.429 e. The molecule has 2 amide bonds. The van der Waals surface area contributed by atoms with E-state index in [0.29, 0.717) is 26.6 Å². The predicted octanol–water partition coefficient (Wildman–Crippen LogP) is 5.66. The Balaban J connectivity index is 1.30. The van der Waals surface area contributed by atoms with E-state index in [1.54, 1.807) is 52.0 Å². The molecular weight excluding hydrogens is 676 g/mol. The van der Waals surface area contributed by atoms with E-state index >= 15 is 4.39 Å². The zero-order valence-corrected chi connectivity index (χ0v) is 28.4. The Morgan fingerprint density at radius 3 is 2.62 bits per heavy atom. The van der Waals surface area contributed by atoms with E-state index in [2.05, 4.69) is 20.3 Å². The van der Waals surface area contributed by atoms with Crippen molar-refractivity contribution in [2.45, 2.75) is 51.9 Å². The van der Waals surface area contributed by atoms with E-state index in [9.17, 15) is 22.7 Å². The average molecular weight is 711 g/mol. The Labute approximate surface area is 288 Å². The third-order valence-corrected chi connectivity index (χ3v) is 8.51. The SMILES string of the molecule is Cc1ccc2c(N(N3CCOC3=O)S(=O)[O-])c(F)ccc2c1Oc1ncccc1-c1ccnc(NC2CC(F)CN(C(=O)OC(C)(C)C)C2)n1. The molecule has 2 saturated heterocycles. The van der Waals surface area contributed by atoms with E-state index in [0.717, 1.165) is 11.1 Å². The van der Waals surface area contributed by atoms with Gasteiger partial charge in [0.15, 0.2) is 0 Å². The number of likely N-dealkylation sites (tertiary alicyclic amines) is 1. The molecule has 2 fully saturated rings. The number of carbonyl (C=O) groups excluding carboxylic acids is 2. The number of rotatable bonds is 8. The maximum atomic E-state index is 15.4. The zero-order valence-electron chi connectivity index (χ0n) is 27.6. The molecule has 0 spiro atoms. The third-order valence-electron chi connectivity index (χ3n) is 7.85. The number of fused-ring (bicyclic) bond motifs is 1. The number of ether oxygens (including phenoxy) is 3. The highest BCUT2D eigenvalue weighted by Crippen LogP contribution is 2.41. The van der Waals surface area contributed by atoms with Crippen molar-refractivity contribution in [3.8, 4) is 22.9 Å². The fraction of sp³-hybridized carbons (Fsp3) is 0.364. The Morgan fingerprint density at radius 2 is 1.90 bits per heavy atom. The average Bonchev–Trinajstić information content (AvgIpc) is 3.47. The Hall–Kier alpha value is -5.16. The number of aryl methyl sites for hydroxylation is 1. The molecule has 3 atom stereocenters. The molecule has 0 aliphatic carbocycles. The Morgan fingerprint density at radius 1 is 1.12 bits per heavy atom. The van der Waals surface area contributed by atoms with Gasteiger partial charge in [-0.3, -0.25) is 4.21 Å². The highest BCUT2D eigenvalue weighted by molar-refractivity contribution is 7.80. The first-order valence-electron chi connectivity index (χ1n) is 15.7. The molecule has 50 heavy (non-hydrogen) atoms. The van der Waals surface area contributed by atoms with Gasteiger partial charge in [0.25, 0.3) is 0 Å². The molecule has 2 aromatic carbocycles. The summed E-state index contributed by atoms with van der Waals surface area (Å²) in [5, 5.41) is 4.43. The van der Waals surface area contributed by atoms with Gasteiger partial charge in [-0.2, -0.15) is 0 Å². The number of hydrogen-bond acceptors (Lipinski definition) is 11. The van der Waals surface area contributed by atoms with Crippen LogP contribution >= 0.6 is 0 Å². The van der Waals surface area contributed by atoms with Crippen molar-refractivity contribution in [2.24, 2.45) is 0 Å². The van der Waals surface area contributed by atoms with E-state index in [-0.39, 0.29) is 61.3 Å². The molecule has 2 aliphatic heterocycles. The summed E-state index contributed by atoms with van der Waals surface area (Å²) in [6.07, 6.45) is 0.345. The van der Waals surface area contributed by atoms with Crippen molar-refractivity contribution < 1.29 is 41.3 Å². The van der Waals surface area contributed by atoms with Crippen LogP contribution in [0.15, 0.2) is 54.9 Å². The number of hydrazine groups is 1. The lowest BCUT2D eigenvalue weighted by Gasteiger charge is -2.36. The van der Waals surface area contributed by atoms with Crippen LogP contribution in [0.5, 0.6) is 11.6 Å². The van der Waals surface area contributed by atoms with Gasteiger partial charge in [0, 0.05) is 42.2 Å². The summed E-state index contributed by atoms with van der Waals surface area (Å²) in [5.74, 6) is -0.311. The minimum Gasteiger partial charge on any atom is -0.754 e. The van der Waals surface area contributed by atoms with Crippen LogP contribution in [0.25, 0.3) is 22.0 Å². The highest BCUT2D eigenvalue weighted by Gasteiger charge is 2.34. The number of benzene rings is 2. The van der Waals surface area contributed by atoms with E-state index < -0.39 is 47.1 Å². The standard InChI is InChI=1S/C33H35F2N7O7S/c1-19-7-8-22-23(9-10-25(35)27(22)42(50(45)46)41-14-15-47-32(41)44)28(19)48-29-24(6-5-12-36-29)26-11-13-37-30(39-26)38-21-16-20(34)17-40(18-21)31(43)49-33(2,3)4/h5-13,20-21H,14-18H2,1-4H3,(H,45,46)(H,37,38,39)/p-1. The van der Waals surface area contributed by atoms with E-state index in [4.69, 9.17) is 14.2 Å². The number of amides is 2. The second-order valence-corrected chi connectivity index (χ2v) is 13.5. The normalized spacial score (nSPS) is 18.5. The van der Waals surface area contributed by atoms with Gasteiger partial charge < -0.3 is 29.0 Å². The second-order valence-electron chi connectivity index (χ2n) is 12.7. The lowest BCUT2D eigenvalue weighted by atomic mass is 10.0. The van der Waals surface area contributed by atoms with Crippen molar-refractivity contribution in [3.63, 3.8) is 0 Å². The van der Waals surface area contributed by atoms with Gasteiger partial charge in [0.05, 0.1) is 35.6 Å². The summed E-state index contributed by atoms with van der Waals surface area (Å²) in [6.45, 7) is 6.94. The van der Waals surface area contributed by atoms with Crippen molar-refractivity contribution in [1.29, 1.82) is 0 Å². The van der Waals surface area contributed by atoms with Crippen LogP contribution < -0.4 is 14.5 Å². The molecule has 0 radical (unpaired) electrons. The lowest BCUT2D eigenvalue weighted by molar-refractivity contribution is 0.0124. The smallest absolute Gasteiger partial charge is 0.429 e. The van der Waals surface area contributed by atoms with E-state index in [1.165, 1.54) is 29.4 Å². The van der Waals surface area contributed by atoms with Crippen LogP contribution in [0, 0.1) is 12.7 Å². The number of anilines is 2. The summed E-state index contributed by atoms with van der Waals surface area (Å²) >= 11 is -3.08. The number of hydrogen-bond donors (Lipinski definition) is 1. The Kier molecular flexibility index (Phi) is 9.71. The summed E-state index contributed by atoms with van der Waals surface area (Å²) < 4.78 is 72.1. The van der Waals surface area contributed by atoms with E-state index in [1.807, 2.05) is 0 Å². The topological polar surface area (TPSA) is 162 Å². The van der Waals surface area contributed by atoms with Gasteiger partial charge in [0.2, 0.25) is 11.8 Å². The van der Waals surface area contributed by atoms with Crippen LogP contribution in [0.3, 0.4) is 0 Å². The van der Waals surface area contributed by atoms with Crippen LogP contribution in [-0.4, -0.2) is 89.9 Å². The number of aromatic nitrogens is 3. The summed E-state index contributed by atoms with van der Waals surface area (Å²) in [5.41, 5.74) is 0.387. The molecule has 4 aromatic rings. The van der Waals surface area contributed by atoms with Crippen molar-refractivity contribution >= 4 is 45.9 Å². The molecule has 2 aliphatic rings. The monoisotopic (exact) mass is 710 g/mol. The minimum absolute atomic E-state index is 0.0589. The fourth-order valence-electron chi connectivity index (χ4n) is 5.74. The molecule has 264 valence electrons. The zero-order chi connectivity index (χ0) is 35.7. The fourth-order valence-corrected chi connectivity index (χ4v) is 6.39. The first-order valence-corrected chi connectivity index (χ1v) is 16.7. The summed E-state index contributed by atoms with van der Waals surface area (Å²) in [6, 6.07) is 10.3. The van der Waals surface area contributed by atoms with Crippen LogP contribution in [0.1, 0.15) is 32.8 Å². The molecular formula is C33H34F2N7O7S-. The molecule has 2 aromatic heterocycles. The number of piperidine rings is 1.